The van der Waals surface area contributed by atoms with Crippen LogP contribution in [0.3, 0.4) is 0 Å². The predicted molar refractivity (Wildman–Crippen MR) is 122 cm³/mol. The molecule has 1 aliphatic rings. The van der Waals surface area contributed by atoms with E-state index in [1.807, 2.05) is 0 Å². The fraction of sp³-hybridized carbons (Fsp3) is 0.870. The second-order valence-corrected chi connectivity index (χ2v) is 8.55. The van der Waals surface area contributed by atoms with Crippen LogP contribution in [0.15, 0.2) is 0 Å². The van der Waals surface area contributed by atoms with Crippen molar-refractivity contribution in [3.63, 3.8) is 0 Å². The monoisotopic (exact) mass is 407 g/mol. The van der Waals surface area contributed by atoms with Gasteiger partial charge in [0.25, 0.3) is 0 Å². The molecule has 1 heterocycles. The van der Waals surface area contributed by atoms with E-state index in [1.54, 1.807) is 4.90 Å². The smallest absolute Gasteiger partial charge is 0.248 e. The largest absolute Gasteiger partial charge is 0.370 e. The number of unbranched alkanes of at least 4 members (excludes halogenated alkanes) is 13. The van der Waals surface area contributed by atoms with Crippen LogP contribution in [0.4, 0.5) is 0 Å². The lowest BCUT2D eigenvalue weighted by Crippen LogP contribution is -2.49. The average Bonchev–Trinajstić information content (AvgIpc) is 3.18. The van der Waals surface area contributed by atoms with Gasteiger partial charge in [0.2, 0.25) is 5.91 Å². The second kappa shape index (κ2) is 16.2. The zero-order valence-electron chi connectivity index (χ0n) is 18.7. The van der Waals surface area contributed by atoms with Gasteiger partial charge in [-0.2, -0.15) is 0 Å². The van der Waals surface area contributed by atoms with E-state index in [-0.39, 0.29) is 17.9 Å². The number of hydrogen-bond acceptors (Lipinski definition) is 3. The van der Waals surface area contributed by atoms with Crippen molar-refractivity contribution in [2.75, 3.05) is 6.54 Å². The van der Waals surface area contributed by atoms with Gasteiger partial charge in [-0.3, -0.25) is 15.6 Å². The Labute approximate surface area is 178 Å². The Morgan fingerprint density at radius 1 is 0.897 bits per heavy atom. The SMILES string of the molecule is CCCCCCCCCCCCCCCCC(=N)NC(=O)[C@@H]1CCCN1C(=N)N. The molecule has 1 amide bonds. The van der Waals surface area contributed by atoms with Crippen LogP contribution in [0, 0.1) is 10.8 Å². The zero-order valence-corrected chi connectivity index (χ0v) is 18.7. The summed E-state index contributed by atoms with van der Waals surface area (Å²) < 4.78 is 0. The van der Waals surface area contributed by atoms with Gasteiger partial charge in [0.15, 0.2) is 5.96 Å². The van der Waals surface area contributed by atoms with Crippen molar-refractivity contribution >= 4 is 17.7 Å². The first kappa shape index (κ1) is 25.4. The first-order valence-electron chi connectivity index (χ1n) is 12.0. The first-order valence-corrected chi connectivity index (χ1v) is 12.0. The Balaban J connectivity index is 1.91. The van der Waals surface area contributed by atoms with Crippen LogP contribution < -0.4 is 11.1 Å². The fourth-order valence-corrected chi connectivity index (χ4v) is 4.12. The number of amidine groups is 1. The molecule has 1 atom stereocenters. The highest BCUT2D eigenvalue weighted by molar-refractivity contribution is 6.00. The van der Waals surface area contributed by atoms with Crippen molar-refractivity contribution in [3.8, 4) is 0 Å². The molecular weight excluding hydrogens is 362 g/mol. The van der Waals surface area contributed by atoms with Crippen LogP contribution in [0.1, 0.15) is 116 Å². The van der Waals surface area contributed by atoms with Gasteiger partial charge < -0.3 is 16.0 Å². The molecule has 29 heavy (non-hydrogen) atoms. The molecule has 1 rings (SSSR count). The maximum Gasteiger partial charge on any atom is 0.248 e. The predicted octanol–water partition coefficient (Wildman–Crippen LogP) is 5.31. The standard InChI is InChI=1S/C23H45N5O/c1-2-3-4-5-6-7-8-9-10-11-12-13-14-15-18-21(24)27-22(29)20-17-16-19-28(20)23(25)26/h20H,2-19H2,1H3,(H3,25,26)(H2,24,27,29)/t20-/m0/s1. The summed E-state index contributed by atoms with van der Waals surface area (Å²) in [6.45, 7) is 2.92. The van der Waals surface area contributed by atoms with Gasteiger partial charge >= 0.3 is 0 Å². The molecule has 0 bridgehead atoms. The minimum absolute atomic E-state index is 0.0545. The number of guanidine groups is 1. The van der Waals surface area contributed by atoms with Crippen LogP contribution in [0.2, 0.25) is 0 Å². The Bertz CT molecular complexity index is 480. The first-order chi connectivity index (χ1) is 14.1. The summed E-state index contributed by atoms with van der Waals surface area (Å²) in [6.07, 6.45) is 20.6. The van der Waals surface area contributed by atoms with Crippen molar-refractivity contribution in [2.24, 2.45) is 5.73 Å². The van der Waals surface area contributed by atoms with E-state index in [2.05, 4.69) is 12.2 Å². The zero-order chi connectivity index (χ0) is 21.3. The molecule has 6 heteroatoms. The van der Waals surface area contributed by atoms with Crippen LogP contribution in [-0.2, 0) is 4.79 Å². The number of rotatable bonds is 16. The highest BCUT2D eigenvalue weighted by Crippen LogP contribution is 2.17. The minimum Gasteiger partial charge on any atom is -0.370 e. The minimum atomic E-state index is -0.385. The maximum absolute atomic E-state index is 12.3. The van der Waals surface area contributed by atoms with Crippen LogP contribution in [0.25, 0.3) is 0 Å². The van der Waals surface area contributed by atoms with Crippen LogP contribution in [-0.4, -0.2) is 35.2 Å². The summed E-state index contributed by atoms with van der Waals surface area (Å²) in [7, 11) is 0. The molecule has 6 nitrogen and oxygen atoms in total. The second-order valence-electron chi connectivity index (χ2n) is 8.55. The van der Waals surface area contributed by atoms with Gasteiger partial charge in [0.1, 0.15) is 6.04 Å². The molecule has 1 saturated heterocycles. The van der Waals surface area contributed by atoms with Crippen LogP contribution in [0.5, 0.6) is 0 Å². The van der Waals surface area contributed by atoms with Gasteiger partial charge in [-0.05, 0) is 19.3 Å². The molecule has 5 N–H and O–H groups in total. The molecule has 168 valence electrons. The average molecular weight is 408 g/mol. The molecule has 0 spiro atoms. The van der Waals surface area contributed by atoms with E-state index in [4.69, 9.17) is 16.6 Å². The third-order valence-electron chi connectivity index (χ3n) is 5.92. The molecular formula is C23H45N5O. The van der Waals surface area contributed by atoms with Crippen molar-refractivity contribution < 1.29 is 4.79 Å². The van der Waals surface area contributed by atoms with Gasteiger partial charge in [-0.1, -0.05) is 90.4 Å². The summed E-state index contributed by atoms with van der Waals surface area (Å²) in [4.78, 5) is 13.9. The van der Waals surface area contributed by atoms with Crippen LogP contribution >= 0.6 is 0 Å². The van der Waals surface area contributed by atoms with Crippen molar-refractivity contribution in [1.82, 2.24) is 10.2 Å². The molecule has 1 fully saturated rings. The summed E-state index contributed by atoms with van der Waals surface area (Å²) in [5.41, 5.74) is 5.53. The number of nitrogens with one attached hydrogen (secondary N) is 3. The number of likely N-dealkylation sites (tertiary alicyclic amines) is 1. The molecule has 0 aliphatic carbocycles. The number of nitrogens with two attached hydrogens (primary N) is 1. The molecule has 1 aliphatic heterocycles. The highest BCUT2D eigenvalue weighted by atomic mass is 16.2. The van der Waals surface area contributed by atoms with Crippen molar-refractivity contribution in [3.05, 3.63) is 0 Å². The third-order valence-corrected chi connectivity index (χ3v) is 5.92. The summed E-state index contributed by atoms with van der Waals surface area (Å²) in [5, 5.41) is 18.2. The van der Waals surface area contributed by atoms with Crippen molar-refractivity contribution in [1.29, 1.82) is 10.8 Å². The number of carbonyl (C=O) groups excluding carboxylic acids is 1. The molecule has 0 aromatic carbocycles. The molecule has 0 saturated carbocycles. The Hall–Kier alpha value is -1.59. The summed E-state index contributed by atoms with van der Waals surface area (Å²) in [5.74, 6) is 0.0542. The van der Waals surface area contributed by atoms with Gasteiger partial charge in [0.05, 0.1) is 5.84 Å². The summed E-state index contributed by atoms with van der Waals surface area (Å²) in [6, 6.07) is -0.385. The number of carbonyl (C=O) groups is 1. The number of hydrogen-bond donors (Lipinski definition) is 4. The van der Waals surface area contributed by atoms with E-state index in [9.17, 15) is 4.79 Å². The summed E-state index contributed by atoms with van der Waals surface area (Å²) >= 11 is 0. The fourth-order valence-electron chi connectivity index (χ4n) is 4.12. The lowest BCUT2D eigenvalue weighted by molar-refractivity contribution is -0.123. The Morgan fingerprint density at radius 2 is 1.38 bits per heavy atom. The van der Waals surface area contributed by atoms with Crippen molar-refractivity contribution in [2.45, 2.75) is 122 Å². The quantitative estimate of drug-likeness (QED) is 0.158. The van der Waals surface area contributed by atoms with E-state index in [0.29, 0.717) is 25.2 Å². The highest BCUT2D eigenvalue weighted by Gasteiger charge is 2.31. The maximum atomic E-state index is 12.3. The van der Waals surface area contributed by atoms with Gasteiger partial charge in [-0.15, -0.1) is 0 Å². The lowest BCUT2D eigenvalue weighted by atomic mass is 10.0. The van der Waals surface area contributed by atoms with E-state index in [0.717, 1.165) is 19.3 Å². The molecule has 0 unspecified atom stereocenters. The number of nitrogens with zero attached hydrogens (tertiary/aromatic N) is 1. The normalized spacial score (nSPS) is 16.2. The topological polar surface area (TPSA) is 106 Å². The molecule has 0 radical (unpaired) electrons. The third kappa shape index (κ3) is 11.9. The van der Waals surface area contributed by atoms with E-state index >= 15 is 0 Å². The molecule has 0 aromatic rings. The van der Waals surface area contributed by atoms with Gasteiger partial charge in [-0.25, -0.2) is 0 Å². The molecule has 0 aromatic heterocycles. The lowest BCUT2D eigenvalue weighted by Gasteiger charge is -2.23. The number of amides is 1. The van der Waals surface area contributed by atoms with E-state index in [1.165, 1.54) is 77.0 Å². The Morgan fingerprint density at radius 3 is 1.86 bits per heavy atom. The van der Waals surface area contributed by atoms with Gasteiger partial charge in [0, 0.05) is 13.0 Å². The van der Waals surface area contributed by atoms with E-state index < -0.39 is 0 Å². The Kier molecular flexibility index (Phi) is 14.2.